The molecule has 0 aliphatic rings. The molecule has 0 aromatic heterocycles. The molecule has 0 radical (unpaired) electrons. The van der Waals surface area contributed by atoms with Crippen molar-refractivity contribution in [2.24, 2.45) is 0 Å². The maximum atomic E-state index is 12.5. The van der Waals surface area contributed by atoms with Crippen LogP contribution >= 0.6 is 31.9 Å². The van der Waals surface area contributed by atoms with Crippen molar-refractivity contribution in [3.05, 3.63) is 92.4 Å². The number of hydrogen-bond acceptors (Lipinski definition) is 4. The van der Waals surface area contributed by atoms with E-state index in [0.717, 1.165) is 14.5 Å². The van der Waals surface area contributed by atoms with Crippen LogP contribution in [-0.4, -0.2) is 13.0 Å². The fraction of sp³-hybridized carbons (Fsp3) is 0.0833. The lowest BCUT2D eigenvalue weighted by atomic mass is 10.1. The second kappa shape index (κ2) is 10.8. The minimum absolute atomic E-state index is 0.0226. The minimum Gasteiger partial charge on any atom is -0.493 e. The molecular weight excluding hydrogens is 524 g/mol. The third-order valence-corrected chi connectivity index (χ3v) is 5.28. The molecule has 3 aromatic rings. The Hall–Kier alpha value is -3.08. The van der Waals surface area contributed by atoms with Gasteiger partial charge in [0.2, 0.25) is 0 Å². The normalized spacial score (nSPS) is 10.8. The number of amides is 1. The molecule has 7 heteroatoms. The number of methoxy groups -OCH3 is 1. The Balaban J connectivity index is 1.74. The highest BCUT2D eigenvalue weighted by Gasteiger charge is 2.11. The first-order valence-corrected chi connectivity index (χ1v) is 10.8. The van der Waals surface area contributed by atoms with Crippen molar-refractivity contribution in [1.29, 1.82) is 5.26 Å². The van der Waals surface area contributed by atoms with Gasteiger partial charge in [-0.25, -0.2) is 0 Å². The molecular formula is C24H18Br2N2O3. The SMILES string of the molecule is COc1cc(/C=C(/C#N)C(=O)Nc2cccc(Br)c2)ccc1OCc1ccc(Br)cc1. The second-order valence-electron chi connectivity index (χ2n) is 6.46. The molecule has 5 nitrogen and oxygen atoms in total. The summed E-state index contributed by atoms with van der Waals surface area (Å²) < 4.78 is 13.1. The van der Waals surface area contributed by atoms with E-state index in [9.17, 15) is 10.1 Å². The van der Waals surface area contributed by atoms with Crippen molar-refractivity contribution in [2.45, 2.75) is 6.61 Å². The van der Waals surface area contributed by atoms with E-state index in [1.165, 1.54) is 6.08 Å². The number of halogens is 2. The molecule has 3 rings (SSSR count). The third-order valence-electron chi connectivity index (χ3n) is 4.25. The van der Waals surface area contributed by atoms with Crippen LogP contribution in [0.1, 0.15) is 11.1 Å². The first-order chi connectivity index (χ1) is 15.0. The van der Waals surface area contributed by atoms with Crippen LogP contribution in [0.5, 0.6) is 11.5 Å². The maximum Gasteiger partial charge on any atom is 0.266 e. The van der Waals surface area contributed by atoms with Crippen molar-refractivity contribution >= 4 is 49.5 Å². The lowest BCUT2D eigenvalue weighted by Crippen LogP contribution is -2.13. The van der Waals surface area contributed by atoms with Gasteiger partial charge in [0, 0.05) is 14.6 Å². The van der Waals surface area contributed by atoms with Gasteiger partial charge in [-0.2, -0.15) is 5.26 Å². The summed E-state index contributed by atoms with van der Waals surface area (Å²) in [4.78, 5) is 12.5. The molecule has 3 aromatic carbocycles. The highest BCUT2D eigenvalue weighted by molar-refractivity contribution is 9.10. The van der Waals surface area contributed by atoms with E-state index in [1.54, 1.807) is 43.5 Å². The van der Waals surface area contributed by atoms with E-state index in [-0.39, 0.29) is 5.57 Å². The Morgan fingerprint density at radius 1 is 1.03 bits per heavy atom. The summed E-state index contributed by atoms with van der Waals surface area (Å²) in [6, 6.07) is 22.2. The average molecular weight is 542 g/mol. The number of hydrogen-bond donors (Lipinski definition) is 1. The van der Waals surface area contributed by atoms with Crippen LogP contribution in [-0.2, 0) is 11.4 Å². The number of carbonyl (C=O) groups excluding carboxylic acids is 1. The number of benzene rings is 3. The number of ether oxygens (including phenoxy) is 2. The van der Waals surface area contributed by atoms with Gasteiger partial charge in [-0.15, -0.1) is 0 Å². The molecule has 0 fully saturated rings. The van der Waals surface area contributed by atoms with Gasteiger partial charge in [0.25, 0.3) is 5.91 Å². The Bertz CT molecular complexity index is 1150. The third kappa shape index (κ3) is 6.45. The predicted octanol–water partition coefficient (Wildman–Crippen LogP) is 6.34. The van der Waals surface area contributed by atoms with Gasteiger partial charge in [0.1, 0.15) is 18.2 Å². The number of rotatable bonds is 7. The number of anilines is 1. The van der Waals surface area contributed by atoms with Crippen molar-refractivity contribution in [3.63, 3.8) is 0 Å². The zero-order chi connectivity index (χ0) is 22.2. The van der Waals surface area contributed by atoms with Gasteiger partial charge >= 0.3 is 0 Å². The maximum absolute atomic E-state index is 12.5. The van der Waals surface area contributed by atoms with Gasteiger partial charge in [-0.05, 0) is 59.7 Å². The highest BCUT2D eigenvalue weighted by Crippen LogP contribution is 2.30. The van der Waals surface area contributed by atoms with E-state index in [1.807, 2.05) is 36.4 Å². The predicted molar refractivity (Wildman–Crippen MR) is 128 cm³/mol. The lowest BCUT2D eigenvalue weighted by molar-refractivity contribution is -0.112. The number of nitrogens with one attached hydrogen (secondary N) is 1. The van der Waals surface area contributed by atoms with Gasteiger partial charge < -0.3 is 14.8 Å². The first kappa shape index (κ1) is 22.6. The van der Waals surface area contributed by atoms with E-state index in [4.69, 9.17) is 9.47 Å². The summed E-state index contributed by atoms with van der Waals surface area (Å²) in [5, 5.41) is 12.2. The summed E-state index contributed by atoms with van der Waals surface area (Å²) in [5.74, 6) is 0.588. The summed E-state index contributed by atoms with van der Waals surface area (Å²) in [5.41, 5.74) is 2.24. The van der Waals surface area contributed by atoms with Crippen LogP contribution in [0.3, 0.4) is 0 Å². The molecule has 0 bridgehead atoms. The van der Waals surface area contributed by atoms with Gasteiger partial charge in [-0.3, -0.25) is 4.79 Å². The van der Waals surface area contributed by atoms with E-state index >= 15 is 0 Å². The molecule has 0 saturated carbocycles. The second-order valence-corrected chi connectivity index (χ2v) is 8.29. The average Bonchev–Trinajstić information content (AvgIpc) is 2.77. The summed E-state index contributed by atoms with van der Waals surface area (Å²) in [7, 11) is 1.54. The molecule has 1 amide bonds. The molecule has 0 atom stereocenters. The molecule has 0 saturated heterocycles. The van der Waals surface area contributed by atoms with E-state index < -0.39 is 5.91 Å². The Kier molecular flexibility index (Phi) is 7.88. The van der Waals surface area contributed by atoms with Crippen LogP contribution in [0.4, 0.5) is 5.69 Å². The van der Waals surface area contributed by atoms with E-state index in [2.05, 4.69) is 37.2 Å². The number of nitrogens with zero attached hydrogens (tertiary/aromatic N) is 1. The van der Waals surface area contributed by atoms with Crippen molar-refractivity contribution in [3.8, 4) is 17.6 Å². The van der Waals surface area contributed by atoms with Crippen LogP contribution in [0.15, 0.2) is 81.2 Å². The largest absolute Gasteiger partial charge is 0.493 e. The Morgan fingerprint density at radius 2 is 1.81 bits per heavy atom. The molecule has 0 spiro atoms. The molecule has 0 unspecified atom stereocenters. The van der Waals surface area contributed by atoms with Crippen LogP contribution in [0, 0.1) is 11.3 Å². The van der Waals surface area contributed by atoms with Crippen LogP contribution in [0.25, 0.3) is 6.08 Å². The summed E-state index contributed by atoms with van der Waals surface area (Å²) in [6.07, 6.45) is 1.51. The lowest BCUT2D eigenvalue weighted by Gasteiger charge is -2.12. The van der Waals surface area contributed by atoms with Gasteiger partial charge in [0.05, 0.1) is 7.11 Å². The first-order valence-electron chi connectivity index (χ1n) is 9.22. The molecule has 156 valence electrons. The quantitative estimate of drug-likeness (QED) is 0.279. The standard InChI is InChI=1S/C24H18Br2N2O3/c1-30-23-12-17(7-10-22(23)31-15-16-5-8-19(25)9-6-16)11-18(14-27)24(29)28-21-4-2-3-20(26)13-21/h2-13H,15H2,1H3,(H,28,29)/b18-11-. The monoisotopic (exact) mass is 540 g/mol. The molecule has 31 heavy (non-hydrogen) atoms. The van der Waals surface area contributed by atoms with Crippen molar-refractivity contribution in [2.75, 3.05) is 12.4 Å². The molecule has 1 N–H and O–H groups in total. The van der Waals surface area contributed by atoms with Gasteiger partial charge in [0.15, 0.2) is 11.5 Å². The number of nitriles is 1. The minimum atomic E-state index is -0.491. The zero-order valence-electron chi connectivity index (χ0n) is 16.6. The number of carbonyl (C=O) groups is 1. The fourth-order valence-corrected chi connectivity index (χ4v) is 3.38. The molecule has 0 aliphatic heterocycles. The zero-order valence-corrected chi connectivity index (χ0v) is 19.7. The smallest absolute Gasteiger partial charge is 0.266 e. The Labute approximate surface area is 197 Å². The van der Waals surface area contributed by atoms with Crippen molar-refractivity contribution < 1.29 is 14.3 Å². The Morgan fingerprint density at radius 3 is 2.48 bits per heavy atom. The fourth-order valence-electron chi connectivity index (χ4n) is 2.71. The summed E-state index contributed by atoms with van der Waals surface area (Å²) in [6.45, 7) is 0.386. The van der Waals surface area contributed by atoms with Crippen molar-refractivity contribution in [1.82, 2.24) is 0 Å². The highest BCUT2D eigenvalue weighted by atomic mass is 79.9. The van der Waals surface area contributed by atoms with Crippen LogP contribution in [0.2, 0.25) is 0 Å². The van der Waals surface area contributed by atoms with E-state index in [0.29, 0.717) is 29.4 Å². The molecule has 0 heterocycles. The molecule has 0 aliphatic carbocycles. The van der Waals surface area contributed by atoms with Crippen LogP contribution < -0.4 is 14.8 Å². The summed E-state index contributed by atoms with van der Waals surface area (Å²) >= 11 is 6.76. The topological polar surface area (TPSA) is 71.3 Å². The van der Waals surface area contributed by atoms with Gasteiger partial charge in [-0.1, -0.05) is 56.1 Å².